The standard InChI is InChI=1S/C15H13Cl2N3/c1-8-3-13-14(4-9(8)2)20(7-19-13)15-11(16)5-10(18)6-12(15)17/h3-7H,18H2,1-2H3. The molecule has 3 aromatic rings. The van der Waals surface area contributed by atoms with E-state index in [4.69, 9.17) is 28.9 Å². The number of anilines is 1. The zero-order valence-corrected chi connectivity index (χ0v) is 12.6. The smallest absolute Gasteiger partial charge is 0.100 e. The number of nitrogen functional groups attached to an aromatic ring is 1. The van der Waals surface area contributed by atoms with Gasteiger partial charge in [0.15, 0.2) is 0 Å². The monoisotopic (exact) mass is 305 g/mol. The first kappa shape index (κ1) is 13.3. The zero-order chi connectivity index (χ0) is 14.4. The maximum absolute atomic E-state index is 6.28. The highest BCUT2D eigenvalue weighted by Crippen LogP contribution is 2.33. The van der Waals surface area contributed by atoms with Crippen molar-refractivity contribution in [2.45, 2.75) is 13.8 Å². The number of imidazole rings is 1. The second-order valence-electron chi connectivity index (χ2n) is 4.87. The van der Waals surface area contributed by atoms with Crippen molar-refractivity contribution in [1.29, 1.82) is 0 Å². The maximum Gasteiger partial charge on any atom is 0.100 e. The molecular formula is C15H13Cl2N3. The zero-order valence-electron chi connectivity index (χ0n) is 11.1. The Morgan fingerprint density at radius 1 is 1.00 bits per heavy atom. The second-order valence-corrected chi connectivity index (χ2v) is 5.69. The van der Waals surface area contributed by atoms with Gasteiger partial charge in [-0.15, -0.1) is 0 Å². The third-order valence-electron chi connectivity index (χ3n) is 3.44. The molecule has 0 aliphatic rings. The molecule has 5 heteroatoms. The van der Waals surface area contributed by atoms with Gasteiger partial charge in [-0.2, -0.15) is 0 Å². The predicted octanol–water partition coefficient (Wildman–Crippen LogP) is 4.53. The molecule has 0 atom stereocenters. The van der Waals surface area contributed by atoms with E-state index in [1.54, 1.807) is 18.5 Å². The van der Waals surface area contributed by atoms with Crippen molar-refractivity contribution in [3.8, 4) is 5.69 Å². The van der Waals surface area contributed by atoms with Gasteiger partial charge in [0, 0.05) is 5.69 Å². The molecule has 2 N–H and O–H groups in total. The summed E-state index contributed by atoms with van der Waals surface area (Å²) in [7, 11) is 0. The molecule has 3 rings (SSSR count). The van der Waals surface area contributed by atoms with Crippen LogP contribution in [0.2, 0.25) is 10.0 Å². The van der Waals surface area contributed by atoms with E-state index < -0.39 is 0 Å². The molecule has 1 aromatic heterocycles. The lowest BCUT2D eigenvalue weighted by Gasteiger charge is -2.11. The highest BCUT2D eigenvalue weighted by Gasteiger charge is 2.13. The Balaban J connectivity index is 2.33. The molecule has 20 heavy (non-hydrogen) atoms. The summed E-state index contributed by atoms with van der Waals surface area (Å²) in [5.41, 5.74) is 11.3. The topological polar surface area (TPSA) is 43.8 Å². The van der Waals surface area contributed by atoms with E-state index in [9.17, 15) is 0 Å². The van der Waals surface area contributed by atoms with Crippen molar-refractivity contribution in [1.82, 2.24) is 9.55 Å². The Labute approximate surface area is 126 Å². The molecule has 0 bridgehead atoms. The quantitative estimate of drug-likeness (QED) is 0.671. The lowest BCUT2D eigenvalue weighted by molar-refractivity contribution is 1.09. The van der Waals surface area contributed by atoms with Gasteiger partial charge < -0.3 is 5.73 Å². The average molecular weight is 306 g/mol. The van der Waals surface area contributed by atoms with Gasteiger partial charge >= 0.3 is 0 Å². The highest BCUT2D eigenvalue weighted by molar-refractivity contribution is 6.38. The minimum atomic E-state index is 0.507. The van der Waals surface area contributed by atoms with Crippen LogP contribution in [0.15, 0.2) is 30.6 Å². The first-order chi connectivity index (χ1) is 9.47. The fourth-order valence-corrected chi connectivity index (χ4v) is 2.94. The van der Waals surface area contributed by atoms with Gasteiger partial charge in [0.1, 0.15) is 6.33 Å². The molecule has 3 nitrogen and oxygen atoms in total. The first-order valence-electron chi connectivity index (χ1n) is 6.16. The number of fused-ring (bicyclic) bond motifs is 1. The van der Waals surface area contributed by atoms with Crippen LogP contribution in [-0.4, -0.2) is 9.55 Å². The molecule has 0 aliphatic carbocycles. The molecule has 1 heterocycles. The summed E-state index contributed by atoms with van der Waals surface area (Å²) in [6, 6.07) is 7.52. The molecule has 0 aliphatic heterocycles. The van der Waals surface area contributed by atoms with Crippen LogP contribution in [0.5, 0.6) is 0 Å². The Bertz CT molecular complexity index is 798. The van der Waals surface area contributed by atoms with Gasteiger partial charge in [-0.05, 0) is 49.2 Å². The summed E-state index contributed by atoms with van der Waals surface area (Å²) in [5.74, 6) is 0. The molecule has 0 saturated carbocycles. The van der Waals surface area contributed by atoms with Gasteiger partial charge in [-0.25, -0.2) is 4.98 Å². The summed E-state index contributed by atoms with van der Waals surface area (Å²) in [6.45, 7) is 4.13. The van der Waals surface area contributed by atoms with E-state index in [0.29, 0.717) is 21.4 Å². The van der Waals surface area contributed by atoms with E-state index in [2.05, 4.69) is 31.0 Å². The van der Waals surface area contributed by atoms with Crippen molar-refractivity contribution < 1.29 is 0 Å². The lowest BCUT2D eigenvalue weighted by atomic mass is 10.1. The number of hydrogen-bond donors (Lipinski definition) is 1. The average Bonchev–Trinajstić information content (AvgIpc) is 2.72. The predicted molar refractivity (Wildman–Crippen MR) is 85.0 cm³/mol. The minimum Gasteiger partial charge on any atom is -0.399 e. The van der Waals surface area contributed by atoms with E-state index in [0.717, 1.165) is 11.0 Å². The molecule has 0 fully saturated rings. The van der Waals surface area contributed by atoms with Crippen LogP contribution in [0.25, 0.3) is 16.7 Å². The Kier molecular flexibility index (Phi) is 3.11. The largest absolute Gasteiger partial charge is 0.399 e. The number of aromatic nitrogens is 2. The van der Waals surface area contributed by atoms with Crippen LogP contribution in [0, 0.1) is 13.8 Å². The normalized spacial score (nSPS) is 11.2. The third-order valence-corrected chi connectivity index (χ3v) is 4.02. The maximum atomic E-state index is 6.28. The van der Waals surface area contributed by atoms with Crippen molar-refractivity contribution >= 4 is 39.9 Å². The van der Waals surface area contributed by atoms with Gasteiger partial charge in [0.25, 0.3) is 0 Å². The third kappa shape index (κ3) is 2.03. The molecule has 0 saturated heterocycles. The summed E-state index contributed by atoms with van der Waals surface area (Å²) < 4.78 is 1.89. The lowest BCUT2D eigenvalue weighted by Crippen LogP contribution is -1.97. The Hall–Kier alpha value is -1.71. The molecule has 102 valence electrons. The number of nitrogens with zero attached hydrogens (tertiary/aromatic N) is 2. The van der Waals surface area contributed by atoms with Crippen LogP contribution in [0.4, 0.5) is 5.69 Å². The van der Waals surface area contributed by atoms with E-state index in [1.165, 1.54) is 11.1 Å². The van der Waals surface area contributed by atoms with Crippen molar-refractivity contribution in [3.63, 3.8) is 0 Å². The summed E-state index contributed by atoms with van der Waals surface area (Å²) in [6.07, 6.45) is 1.73. The van der Waals surface area contributed by atoms with Crippen LogP contribution < -0.4 is 5.73 Å². The van der Waals surface area contributed by atoms with Crippen LogP contribution >= 0.6 is 23.2 Å². The van der Waals surface area contributed by atoms with Gasteiger partial charge in [-0.3, -0.25) is 4.57 Å². The molecule has 0 amide bonds. The van der Waals surface area contributed by atoms with Crippen LogP contribution in [0.3, 0.4) is 0 Å². The number of rotatable bonds is 1. The van der Waals surface area contributed by atoms with Crippen molar-refractivity contribution in [2.24, 2.45) is 0 Å². The molecule has 2 aromatic carbocycles. The Morgan fingerprint density at radius 3 is 2.25 bits per heavy atom. The van der Waals surface area contributed by atoms with Crippen molar-refractivity contribution in [3.05, 3.63) is 51.8 Å². The number of benzene rings is 2. The fourth-order valence-electron chi connectivity index (χ4n) is 2.26. The van der Waals surface area contributed by atoms with E-state index in [1.807, 2.05) is 4.57 Å². The van der Waals surface area contributed by atoms with E-state index in [-0.39, 0.29) is 0 Å². The second kappa shape index (κ2) is 4.69. The minimum absolute atomic E-state index is 0.507. The summed E-state index contributed by atoms with van der Waals surface area (Å²) >= 11 is 12.6. The molecule has 0 spiro atoms. The van der Waals surface area contributed by atoms with Gasteiger partial charge in [0.05, 0.1) is 26.8 Å². The fraction of sp³-hybridized carbons (Fsp3) is 0.133. The van der Waals surface area contributed by atoms with Crippen LogP contribution in [-0.2, 0) is 0 Å². The van der Waals surface area contributed by atoms with Crippen LogP contribution in [0.1, 0.15) is 11.1 Å². The Morgan fingerprint density at radius 2 is 1.60 bits per heavy atom. The molecule has 0 unspecified atom stereocenters. The number of halogens is 2. The van der Waals surface area contributed by atoms with Crippen molar-refractivity contribution in [2.75, 3.05) is 5.73 Å². The number of aryl methyl sites for hydroxylation is 2. The number of hydrogen-bond acceptors (Lipinski definition) is 2. The molecular weight excluding hydrogens is 293 g/mol. The summed E-state index contributed by atoms with van der Waals surface area (Å²) in [5, 5.41) is 1.01. The van der Waals surface area contributed by atoms with Gasteiger partial charge in [0.2, 0.25) is 0 Å². The number of nitrogens with two attached hydrogens (primary N) is 1. The molecule has 0 radical (unpaired) electrons. The van der Waals surface area contributed by atoms with E-state index >= 15 is 0 Å². The SMILES string of the molecule is Cc1cc2ncn(-c3c(Cl)cc(N)cc3Cl)c2cc1C. The summed E-state index contributed by atoms with van der Waals surface area (Å²) in [4.78, 5) is 4.42. The van der Waals surface area contributed by atoms with Gasteiger partial charge in [-0.1, -0.05) is 23.2 Å². The first-order valence-corrected chi connectivity index (χ1v) is 6.92. The highest BCUT2D eigenvalue weighted by atomic mass is 35.5.